The third-order valence-corrected chi connectivity index (χ3v) is 5.66. The molecule has 29 heavy (non-hydrogen) atoms. The number of aliphatic hydroxyl groups is 1. The molecule has 4 rings (SSSR count). The number of fused-ring (bicyclic) bond motifs is 1. The van der Waals surface area contributed by atoms with Gasteiger partial charge in [0.1, 0.15) is 17.3 Å². The third kappa shape index (κ3) is 4.06. The van der Waals surface area contributed by atoms with Crippen molar-refractivity contribution in [2.24, 2.45) is 0 Å². The van der Waals surface area contributed by atoms with Crippen LogP contribution in [0.2, 0.25) is 0 Å². The Labute approximate surface area is 168 Å². The van der Waals surface area contributed by atoms with Gasteiger partial charge in [0.15, 0.2) is 5.58 Å². The number of hydrogen-bond donors (Lipinski definition) is 1. The standard InChI is InChI=1S/C22H25FN2O4/c1-27-16-4-6-20(28-2)18(12-16)19(26)13-25-9-7-14(8-10-25)22-17-5-3-15(23)11-21(17)29-24-22/h3-6,11-12,14,19,26H,7-10,13H2,1-2H3. The molecular weight excluding hydrogens is 375 g/mol. The number of halogens is 1. The van der Waals surface area contributed by atoms with E-state index in [4.69, 9.17) is 14.0 Å². The summed E-state index contributed by atoms with van der Waals surface area (Å²) in [6, 6.07) is 9.99. The van der Waals surface area contributed by atoms with Crippen molar-refractivity contribution in [2.45, 2.75) is 24.9 Å². The van der Waals surface area contributed by atoms with E-state index < -0.39 is 6.10 Å². The highest BCUT2D eigenvalue weighted by molar-refractivity contribution is 5.79. The van der Waals surface area contributed by atoms with Crippen LogP contribution in [0.3, 0.4) is 0 Å². The fraction of sp³-hybridized carbons (Fsp3) is 0.409. The van der Waals surface area contributed by atoms with Gasteiger partial charge in [-0.2, -0.15) is 0 Å². The van der Waals surface area contributed by atoms with E-state index in [0.29, 0.717) is 23.6 Å². The van der Waals surface area contributed by atoms with Crippen LogP contribution in [-0.4, -0.2) is 49.0 Å². The Kier molecular flexibility index (Phi) is 5.69. The van der Waals surface area contributed by atoms with E-state index in [9.17, 15) is 9.50 Å². The molecule has 1 N–H and O–H groups in total. The van der Waals surface area contributed by atoms with Gasteiger partial charge in [0, 0.05) is 29.5 Å². The molecule has 1 fully saturated rings. The highest BCUT2D eigenvalue weighted by atomic mass is 19.1. The van der Waals surface area contributed by atoms with E-state index in [-0.39, 0.29) is 11.7 Å². The number of nitrogens with zero attached hydrogens (tertiary/aromatic N) is 2. The van der Waals surface area contributed by atoms with Crippen LogP contribution in [0.15, 0.2) is 40.9 Å². The Bertz CT molecular complexity index is 982. The van der Waals surface area contributed by atoms with Crippen molar-refractivity contribution in [2.75, 3.05) is 33.9 Å². The molecule has 0 aliphatic carbocycles. The average Bonchev–Trinajstić information content (AvgIpc) is 3.16. The summed E-state index contributed by atoms with van der Waals surface area (Å²) in [4.78, 5) is 2.24. The van der Waals surface area contributed by atoms with Gasteiger partial charge in [0.25, 0.3) is 0 Å². The molecule has 0 radical (unpaired) electrons. The molecule has 1 unspecified atom stereocenters. The quantitative estimate of drug-likeness (QED) is 0.677. The summed E-state index contributed by atoms with van der Waals surface area (Å²) < 4.78 is 29.3. The molecule has 1 aromatic heterocycles. The van der Waals surface area contributed by atoms with Crippen LogP contribution in [0.25, 0.3) is 11.0 Å². The summed E-state index contributed by atoms with van der Waals surface area (Å²) in [7, 11) is 3.20. The Morgan fingerprint density at radius 1 is 1.17 bits per heavy atom. The van der Waals surface area contributed by atoms with E-state index in [2.05, 4.69) is 10.1 Å². The highest BCUT2D eigenvalue weighted by Crippen LogP contribution is 2.34. The Morgan fingerprint density at radius 2 is 1.97 bits per heavy atom. The van der Waals surface area contributed by atoms with Crippen LogP contribution in [0.5, 0.6) is 11.5 Å². The lowest BCUT2D eigenvalue weighted by Gasteiger charge is -2.32. The van der Waals surface area contributed by atoms with E-state index >= 15 is 0 Å². The van der Waals surface area contributed by atoms with Gasteiger partial charge in [-0.3, -0.25) is 0 Å². The summed E-state index contributed by atoms with van der Waals surface area (Å²) >= 11 is 0. The summed E-state index contributed by atoms with van der Waals surface area (Å²) in [5.41, 5.74) is 2.11. The average molecular weight is 400 g/mol. The number of rotatable bonds is 6. The number of methoxy groups -OCH3 is 2. The zero-order valence-electron chi connectivity index (χ0n) is 16.6. The summed E-state index contributed by atoms with van der Waals surface area (Å²) in [5, 5.41) is 15.9. The van der Waals surface area contributed by atoms with Crippen LogP contribution >= 0.6 is 0 Å². The molecule has 154 valence electrons. The molecule has 2 heterocycles. The van der Waals surface area contributed by atoms with Gasteiger partial charge in [0.05, 0.1) is 26.0 Å². The SMILES string of the molecule is COc1ccc(OC)c(C(O)CN2CCC(c3noc4cc(F)ccc34)CC2)c1. The smallest absolute Gasteiger partial charge is 0.170 e. The molecule has 1 atom stereocenters. The topological polar surface area (TPSA) is 68.0 Å². The highest BCUT2D eigenvalue weighted by Gasteiger charge is 2.27. The van der Waals surface area contributed by atoms with Gasteiger partial charge in [0.2, 0.25) is 0 Å². The fourth-order valence-electron chi connectivity index (χ4n) is 4.06. The van der Waals surface area contributed by atoms with Crippen molar-refractivity contribution in [3.63, 3.8) is 0 Å². The molecule has 6 nitrogen and oxygen atoms in total. The lowest BCUT2D eigenvalue weighted by atomic mass is 9.91. The maximum absolute atomic E-state index is 13.4. The van der Waals surface area contributed by atoms with Gasteiger partial charge in [-0.25, -0.2) is 4.39 Å². The predicted octanol–water partition coefficient (Wildman–Crippen LogP) is 3.90. The van der Waals surface area contributed by atoms with Crippen LogP contribution in [0.4, 0.5) is 4.39 Å². The van der Waals surface area contributed by atoms with Crippen LogP contribution in [-0.2, 0) is 0 Å². The second kappa shape index (κ2) is 8.39. The maximum Gasteiger partial charge on any atom is 0.170 e. The second-order valence-corrected chi connectivity index (χ2v) is 7.41. The molecule has 1 aliphatic heterocycles. The van der Waals surface area contributed by atoms with Gasteiger partial charge < -0.3 is 24.0 Å². The minimum atomic E-state index is -0.674. The van der Waals surface area contributed by atoms with Gasteiger partial charge in [-0.1, -0.05) is 5.16 Å². The van der Waals surface area contributed by atoms with Gasteiger partial charge in [-0.15, -0.1) is 0 Å². The summed E-state index contributed by atoms with van der Waals surface area (Å²) in [5.74, 6) is 1.28. The number of ether oxygens (including phenoxy) is 2. The fourth-order valence-corrected chi connectivity index (χ4v) is 4.06. The van der Waals surface area contributed by atoms with Gasteiger partial charge >= 0.3 is 0 Å². The number of likely N-dealkylation sites (tertiary alicyclic amines) is 1. The van der Waals surface area contributed by atoms with E-state index in [1.807, 2.05) is 18.2 Å². The molecular formula is C22H25FN2O4. The first-order chi connectivity index (χ1) is 14.1. The first-order valence-electron chi connectivity index (χ1n) is 9.76. The number of aromatic nitrogens is 1. The molecule has 3 aromatic rings. The number of benzene rings is 2. The Morgan fingerprint density at radius 3 is 2.69 bits per heavy atom. The monoisotopic (exact) mass is 400 g/mol. The molecule has 1 saturated heterocycles. The van der Waals surface area contributed by atoms with Gasteiger partial charge in [-0.05, 0) is 56.3 Å². The number of piperidine rings is 1. The third-order valence-electron chi connectivity index (χ3n) is 5.66. The lowest BCUT2D eigenvalue weighted by Crippen LogP contribution is -2.36. The molecule has 0 amide bonds. The molecule has 0 saturated carbocycles. The second-order valence-electron chi connectivity index (χ2n) is 7.41. The lowest BCUT2D eigenvalue weighted by molar-refractivity contribution is 0.0947. The van der Waals surface area contributed by atoms with E-state index in [0.717, 1.165) is 42.6 Å². The van der Waals surface area contributed by atoms with Crippen LogP contribution in [0.1, 0.15) is 36.1 Å². The molecule has 0 spiro atoms. The minimum absolute atomic E-state index is 0.265. The maximum atomic E-state index is 13.4. The predicted molar refractivity (Wildman–Crippen MR) is 107 cm³/mol. The van der Waals surface area contributed by atoms with E-state index in [1.54, 1.807) is 20.3 Å². The number of β-amino-alcohol motifs (C(OH)–C–C–N with tert-alkyl or cyclic N) is 1. The molecule has 0 bridgehead atoms. The van der Waals surface area contributed by atoms with Crippen molar-refractivity contribution >= 4 is 11.0 Å². The van der Waals surface area contributed by atoms with Crippen LogP contribution in [0, 0.1) is 5.82 Å². The van der Waals surface area contributed by atoms with Crippen LogP contribution < -0.4 is 9.47 Å². The largest absolute Gasteiger partial charge is 0.497 e. The zero-order valence-corrected chi connectivity index (χ0v) is 16.6. The van der Waals surface area contributed by atoms with Crippen molar-refractivity contribution < 1.29 is 23.5 Å². The van der Waals surface area contributed by atoms with Crippen molar-refractivity contribution in [3.8, 4) is 11.5 Å². The molecule has 1 aliphatic rings. The first kappa shape index (κ1) is 19.7. The number of aliphatic hydroxyl groups excluding tert-OH is 1. The minimum Gasteiger partial charge on any atom is -0.497 e. The molecule has 7 heteroatoms. The Balaban J connectivity index is 1.41. The normalized spacial score (nSPS) is 16.8. The van der Waals surface area contributed by atoms with Crippen molar-refractivity contribution in [1.82, 2.24) is 10.1 Å². The summed E-state index contributed by atoms with van der Waals surface area (Å²) in [6.07, 6.45) is 1.13. The number of hydrogen-bond acceptors (Lipinski definition) is 6. The Hall–Kier alpha value is -2.64. The summed E-state index contributed by atoms with van der Waals surface area (Å²) in [6.45, 7) is 2.19. The van der Waals surface area contributed by atoms with Crippen molar-refractivity contribution in [3.05, 3.63) is 53.5 Å². The molecule has 2 aromatic carbocycles. The van der Waals surface area contributed by atoms with Crippen molar-refractivity contribution in [1.29, 1.82) is 0 Å². The van der Waals surface area contributed by atoms with E-state index in [1.165, 1.54) is 12.1 Å². The first-order valence-corrected chi connectivity index (χ1v) is 9.76. The zero-order chi connectivity index (χ0) is 20.4.